The zero-order valence-electron chi connectivity index (χ0n) is 6.80. The summed E-state index contributed by atoms with van der Waals surface area (Å²) in [5.74, 6) is 0.0694. The van der Waals surface area contributed by atoms with Crippen LogP contribution in [-0.2, 0) is 9.59 Å². The lowest BCUT2D eigenvalue weighted by Gasteiger charge is -2.25. The van der Waals surface area contributed by atoms with Gasteiger partial charge in [-0.1, -0.05) is 0 Å². The van der Waals surface area contributed by atoms with E-state index in [1.807, 2.05) is 6.92 Å². The van der Waals surface area contributed by atoms with Crippen molar-refractivity contribution in [1.29, 1.82) is 0 Å². The first-order valence-electron chi connectivity index (χ1n) is 3.90. The number of amides is 2. The molecular weight excluding hydrogens is 142 g/mol. The molecule has 1 radical (unpaired) electrons. The van der Waals surface area contributed by atoms with Crippen molar-refractivity contribution in [1.82, 2.24) is 0 Å². The predicted molar refractivity (Wildman–Crippen MR) is 40.3 cm³/mol. The summed E-state index contributed by atoms with van der Waals surface area (Å²) in [4.78, 5) is 22.6. The quantitative estimate of drug-likeness (QED) is 0.430. The lowest BCUT2D eigenvalue weighted by atomic mass is 10.4. The second-order valence-electron chi connectivity index (χ2n) is 2.80. The van der Waals surface area contributed by atoms with Crippen molar-refractivity contribution in [3.8, 4) is 0 Å². The predicted octanol–water partition coefficient (Wildman–Crippen LogP) is 0.504. The first-order chi connectivity index (χ1) is 5.17. The summed E-state index contributed by atoms with van der Waals surface area (Å²) in [6, 6.07) is 0. The van der Waals surface area contributed by atoms with Gasteiger partial charge in [0, 0.05) is 6.92 Å². The molecule has 3 nitrogen and oxygen atoms in total. The Morgan fingerprint density at radius 3 is 2.00 bits per heavy atom. The molecule has 61 valence electrons. The number of hydrogen-bond acceptors (Lipinski definition) is 2. The molecule has 1 saturated heterocycles. The molecule has 0 aromatic rings. The summed E-state index contributed by atoms with van der Waals surface area (Å²) in [5.41, 5.74) is 0. The Balaban J connectivity index is 2.94. The minimum absolute atomic E-state index is 0.0278. The number of quaternary nitrogens is 1. The topological polar surface area (TPSA) is 34.1 Å². The van der Waals surface area contributed by atoms with Gasteiger partial charge in [-0.2, -0.15) is 4.48 Å². The van der Waals surface area contributed by atoms with E-state index in [0.717, 1.165) is 0 Å². The number of carbonyl (C=O) groups is 2. The van der Waals surface area contributed by atoms with Gasteiger partial charge in [0.05, 0.1) is 25.9 Å². The van der Waals surface area contributed by atoms with Crippen LogP contribution < -0.4 is 0 Å². The number of likely N-dealkylation sites (tertiary alicyclic amines) is 1. The molecule has 0 aliphatic carbocycles. The Kier molecular flexibility index (Phi) is 2.09. The molecule has 1 heterocycles. The SMILES string of the molecule is [CH2]C[N+]1(CC)C(=O)CCC1=O. The maximum atomic E-state index is 11.3. The fourth-order valence-corrected chi connectivity index (χ4v) is 1.54. The molecule has 0 aromatic carbocycles. The number of hydrogen-bond donors (Lipinski definition) is 0. The van der Waals surface area contributed by atoms with Crippen molar-refractivity contribution >= 4 is 11.8 Å². The Labute approximate surface area is 66.6 Å². The zero-order valence-corrected chi connectivity index (χ0v) is 6.80. The van der Waals surface area contributed by atoms with Gasteiger partial charge in [0.2, 0.25) is 0 Å². The highest BCUT2D eigenvalue weighted by molar-refractivity contribution is 5.91. The minimum Gasteiger partial charge on any atom is -0.230 e. The summed E-state index contributed by atoms with van der Waals surface area (Å²) >= 11 is 0. The molecule has 0 saturated carbocycles. The fraction of sp³-hybridized carbons (Fsp3) is 0.625. The maximum absolute atomic E-state index is 11.3. The van der Waals surface area contributed by atoms with Gasteiger partial charge in [0.25, 0.3) is 0 Å². The number of imide groups is 1. The molecule has 0 aromatic heterocycles. The first-order valence-corrected chi connectivity index (χ1v) is 3.90. The monoisotopic (exact) mass is 155 g/mol. The lowest BCUT2D eigenvalue weighted by molar-refractivity contribution is -0.765. The lowest BCUT2D eigenvalue weighted by Crippen LogP contribution is -2.51. The van der Waals surface area contributed by atoms with Crippen LogP contribution in [0.4, 0.5) is 0 Å². The van der Waals surface area contributed by atoms with E-state index in [1.165, 1.54) is 0 Å². The summed E-state index contributed by atoms with van der Waals surface area (Å²) in [7, 11) is 0. The molecule has 11 heavy (non-hydrogen) atoms. The van der Waals surface area contributed by atoms with Crippen molar-refractivity contribution in [2.45, 2.75) is 19.8 Å². The van der Waals surface area contributed by atoms with Gasteiger partial charge in [0.1, 0.15) is 0 Å². The zero-order chi connectivity index (χ0) is 8.48. The van der Waals surface area contributed by atoms with Crippen LogP contribution >= 0.6 is 0 Å². The molecule has 1 fully saturated rings. The van der Waals surface area contributed by atoms with Gasteiger partial charge in [-0.15, -0.1) is 0 Å². The molecular formula is C8H13NO2+. The number of carbonyl (C=O) groups excluding carboxylic acids is 2. The third kappa shape index (κ3) is 0.997. The molecule has 0 bridgehead atoms. The van der Waals surface area contributed by atoms with Crippen molar-refractivity contribution in [3.05, 3.63) is 6.92 Å². The highest BCUT2D eigenvalue weighted by atomic mass is 16.2. The Morgan fingerprint density at radius 2 is 1.82 bits per heavy atom. The highest BCUT2D eigenvalue weighted by Crippen LogP contribution is 2.21. The van der Waals surface area contributed by atoms with Gasteiger partial charge in [-0.05, 0) is 6.92 Å². The average Bonchev–Trinajstić information content (AvgIpc) is 2.29. The highest BCUT2D eigenvalue weighted by Gasteiger charge is 2.46. The Bertz CT molecular complexity index is 176. The number of rotatable bonds is 2. The van der Waals surface area contributed by atoms with Crippen LogP contribution in [0.1, 0.15) is 19.8 Å². The van der Waals surface area contributed by atoms with Crippen LogP contribution in [0.15, 0.2) is 0 Å². The number of nitrogens with zero attached hydrogens (tertiary/aromatic N) is 1. The van der Waals surface area contributed by atoms with Gasteiger partial charge in [-0.3, -0.25) is 0 Å². The first kappa shape index (κ1) is 8.40. The van der Waals surface area contributed by atoms with E-state index in [4.69, 9.17) is 0 Å². The van der Waals surface area contributed by atoms with Crippen LogP contribution in [0.2, 0.25) is 0 Å². The second-order valence-corrected chi connectivity index (χ2v) is 2.80. The molecule has 1 aliphatic rings. The molecule has 0 unspecified atom stereocenters. The third-order valence-corrected chi connectivity index (χ3v) is 2.43. The molecule has 2 amide bonds. The smallest absolute Gasteiger partial charge is 0.230 e. The van der Waals surface area contributed by atoms with E-state index in [2.05, 4.69) is 6.92 Å². The Hall–Kier alpha value is -0.700. The molecule has 1 rings (SSSR count). The van der Waals surface area contributed by atoms with Gasteiger partial charge < -0.3 is 0 Å². The van der Waals surface area contributed by atoms with Gasteiger partial charge in [-0.25, -0.2) is 9.59 Å². The summed E-state index contributed by atoms with van der Waals surface area (Å²) in [6.07, 6.45) is 0.810. The molecule has 3 heteroatoms. The van der Waals surface area contributed by atoms with E-state index >= 15 is 0 Å². The van der Waals surface area contributed by atoms with Crippen molar-refractivity contribution in [3.63, 3.8) is 0 Å². The van der Waals surface area contributed by atoms with Crippen molar-refractivity contribution in [2.75, 3.05) is 13.1 Å². The minimum atomic E-state index is -0.0278. The van der Waals surface area contributed by atoms with E-state index in [0.29, 0.717) is 25.9 Å². The van der Waals surface area contributed by atoms with Crippen molar-refractivity contribution < 1.29 is 14.1 Å². The van der Waals surface area contributed by atoms with Crippen LogP contribution in [0.25, 0.3) is 0 Å². The summed E-state index contributed by atoms with van der Waals surface area (Å²) in [6.45, 7) is 6.42. The summed E-state index contributed by atoms with van der Waals surface area (Å²) < 4.78 is -0.0278. The summed E-state index contributed by atoms with van der Waals surface area (Å²) in [5, 5.41) is 0. The van der Waals surface area contributed by atoms with E-state index < -0.39 is 0 Å². The largest absolute Gasteiger partial charge is 0.321 e. The second kappa shape index (κ2) is 2.74. The van der Waals surface area contributed by atoms with E-state index in [-0.39, 0.29) is 16.3 Å². The van der Waals surface area contributed by atoms with Crippen LogP contribution in [0, 0.1) is 6.92 Å². The maximum Gasteiger partial charge on any atom is 0.321 e. The normalized spacial score (nSPS) is 22.7. The van der Waals surface area contributed by atoms with Crippen molar-refractivity contribution in [2.24, 2.45) is 0 Å². The molecule has 1 aliphatic heterocycles. The van der Waals surface area contributed by atoms with Crippen LogP contribution in [-0.4, -0.2) is 29.4 Å². The van der Waals surface area contributed by atoms with E-state index in [9.17, 15) is 9.59 Å². The molecule has 0 spiro atoms. The van der Waals surface area contributed by atoms with Gasteiger partial charge >= 0.3 is 11.8 Å². The van der Waals surface area contributed by atoms with Gasteiger partial charge in [0.15, 0.2) is 0 Å². The standard InChI is InChI=1S/C8H13NO2/c1-3-9(4-2)7(10)5-6-8(9)11/h1,3-6H2,2H3/q+1. The van der Waals surface area contributed by atoms with Crippen LogP contribution in [0.5, 0.6) is 0 Å². The fourth-order valence-electron chi connectivity index (χ4n) is 1.54. The average molecular weight is 155 g/mol. The molecule has 0 N–H and O–H groups in total. The van der Waals surface area contributed by atoms with Crippen LogP contribution in [0.3, 0.4) is 0 Å². The van der Waals surface area contributed by atoms with E-state index in [1.54, 1.807) is 0 Å². The third-order valence-electron chi connectivity index (χ3n) is 2.43. The Morgan fingerprint density at radius 1 is 1.36 bits per heavy atom. The molecule has 0 atom stereocenters.